The normalized spacial score (nSPS) is 20.6. The Kier molecular flexibility index (Phi) is 6.16. The number of urea groups is 1. The van der Waals surface area contributed by atoms with Crippen molar-refractivity contribution in [2.75, 3.05) is 31.1 Å². The summed E-state index contributed by atoms with van der Waals surface area (Å²) in [4.78, 5) is 29.7. The lowest BCUT2D eigenvalue weighted by Gasteiger charge is -2.37. The number of thiophene rings is 1. The molecule has 1 aliphatic heterocycles. The highest BCUT2D eigenvalue weighted by Gasteiger charge is 2.29. The van der Waals surface area contributed by atoms with Crippen molar-refractivity contribution >= 4 is 33.4 Å². The van der Waals surface area contributed by atoms with Crippen LogP contribution >= 0.6 is 11.3 Å². The Labute approximate surface area is 190 Å². The van der Waals surface area contributed by atoms with E-state index < -0.39 is 0 Å². The van der Waals surface area contributed by atoms with Crippen LogP contribution in [0.25, 0.3) is 10.2 Å². The fourth-order valence-electron chi connectivity index (χ4n) is 4.49. The van der Waals surface area contributed by atoms with Crippen molar-refractivity contribution in [3.63, 3.8) is 0 Å². The zero-order valence-electron chi connectivity index (χ0n) is 19.9. The predicted octanol–water partition coefficient (Wildman–Crippen LogP) is 4.96. The largest absolute Gasteiger partial charge is 0.352 e. The van der Waals surface area contributed by atoms with Crippen LogP contribution in [0.1, 0.15) is 76.6 Å². The van der Waals surface area contributed by atoms with Gasteiger partial charge in [0.2, 0.25) is 0 Å². The number of aromatic nitrogens is 2. The molecular weight excluding hydrogens is 406 g/mol. The van der Waals surface area contributed by atoms with Gasteiger partial charge in [0.15, 0.2) is 0 Å². The summed E-state index contributed by atoms with van der Waals surface area (Å²) in [7, 11) is 0. The monoisotopic (exact) mass is 443 g/mol. The molecule has 0 spiro atoms. The molecule has 0 saturated carbocycles. The maximum Gasteiger partial charge on any atom is 0.317 e. The number of anilines is 1. The molecule has 1 saturated heterocycles. The molecule has 2 atom stereocenters. The van der Waals surface area contributed by atoms with Crippen LogP contribution in [0.5, 0.6) is 0 Å². The molecule has 6 nitrogen and oxygen atoms in total. The second-order valence-corrected chi connectivity index (χ2v) is 11.5. The zero-order chi connectivity index (χ0) is 22.3. The van der Waals surface area contributed by atoms with Gasteiger partial charge in [-0.15, -0.1) is 11.3 Å². The Balaban J connectivity index is 1.64. The maximum atomic E-state index is 12.6. The fourth-order valence-corrected chi connectivity index (χ4v) is 5.88. The maximum absolute atomic E-state index is 12.6. The van der Waals surface area contributed by atoms with Crippen molar-refractivity contribution in [1.29, 1.82) is 0 Å². The minimum atomic E-state index is -0.217. The first-order chi connectivity index (χ1) is 14.7. The van der Waals surface area contributed by atoms with E-state index in [0.717, 1.165) is 67.8 Å². The Morgan fingerprint density at radius 3 is 2.58 bits per heavy atom. The molecule has 2 aliphatic rings. The lowest BCUT2D eigenvalue weighted by atomic mass is 9.89. The lowest BCUT2D eigenvalue weighted by Crippen LogP contribution is -2.55. The molecule has 170 valence electrons. The molecule has 1 fully saturated rings. The van der Waals surface area contributed by atoms with Gasteiger partial charge in [-0.25, -0.2) is 14.8 Å². The fraction of sp³-hybridized carbons (Fsp3) is 0.708. The van der Waals surface area contributed by atoms with E-state index in [2.05, 4.69) is 31.0 Å². The summed E-state index contributed by atoms with van der Waals surface area (Å²) in [5, 5.41) is 4.37. The van der Waals surface area contributed by atoms with Crippen LogP contribution in [0.3, 0.4) is 0 Å². The van der Waals surface area contributed by atoms with E-state index in [0.29, 0.717) is 5.92 Å². The highest BCUT2D eigenvalue weighted by atomic mass is 32.1. The van der Waals surface area contributed by atoms with Gasteiger partial charge in [-0.3, -0.25) is 0 Å². The van der Waals surface area contributed by atoms with E-state index in [1.54, 1.807) is 0 Å². The molecule has 1 aliphatic carbocycles. The van der Waals surface area contributed by atoms with Gasteiger partial charge in [0.1, 0.15) is 16.5 Å². The molecule has 0 aromatic carbocycles. The highest BCUT2D eigenvalue weighted by molar-refractivity contribution is 7.19. The van der Waals surface area contributed by atoms with Crippen LogP contribution in [0.2, 0.25) is 0 Å². The van der Waals surface area contributed by atoms with Crippen molar-refractivity contribution < 1.29 is 4.79 Å². The molecule has 7 heteroatoms. The number of fused-ring (bicyclic) bond motifs is 3. The second kappa shape index (κ2) is 8.57. The summed E-state index contributed by atoms with van der Waals surface area (Å²) in [5.41, 5.74) is 1.27. The van der Waals surface area contributed by atoms with E-state index in [4.69, 9.17) is 9.97 Å². The number of hydrogen-bond acceptors (Lipinski definition) is 5. The molecule has 0 bridgehead atoms. The van der Waals surface area contributed by atoms with Gasteiger partial charge in [-0.1, -0.05) is 20.8 Å². The first kappa shape index (κ1) is 22.3. The van der Waals surface area contributed by atoms with Crippen LogP contribution in [-0.2, 0) is 12.8 Å². The van der Waals surface area contributed by atoms with Gasteiger partial charge in [0.05, 0.1) is 5.39 Å². The molecule has 1 N–H and O–H groups in total. The van der Waals surface area contributed by atoms with Crippen molar-refractivity contribution in [3.05, 3.63) is 16.3 Å². The van der Waals surface area contributed by atoms with Crippen molar-refractivity contribution in [3.8, 4) is 0 Å². The molecule has 4 rings (SSSR count). The number of nitrogens with zero attached hydrogens (tertiary/aromatic N) is 4. The van der Waals surface area contributed by atoms with Crippen LogP contribution in [0.4, 0.5) is 10.6 Å². The second-order valence-electron chi connectivity index (χ2n) is 10.4. The summed E-state index contributed by atoms with van der Waals surface area (Å²) >= 11 is 1.88. The number of nitrogens with one attached hydrogen (secondary N) is 1. The minimum absolute atomic E-state index is 0.0298. The summed E-state index contributed by atoms with van der Waals surface area (Å²) in [6, 6.07) is 0.0298. The van der Waals surface area contributed by atoms with Gasteiger partial charge < -0.3 is 15.1 Å². The third kappa shape index (κ3) is 4.66. The van der Waals surface area contributed by atoms with E-state index in [-0.39, 0.29) is 11.6 Å². The number of carbonyl (C=O) groups excluding carboxylic acids is 1. The molecule has 2 aromatic heterocycles. The van der Waals surface area contributed by atoms with Crippen molar-refractivity contribution in [1.82, 2.24) is 20.2 Å². The molecule has 2 amide bonds. The summed E-state index contributed by atoms with van der Waals surface area (Å²) in [6.07, 6.45) is 4.57. The average Bonchev–Trinajstić information content (AvgIpc) is 3.08. The smallest absolute Gasteiger partial charge is 0.317 e. The van der Waals surface area contributed by atoms with Gasteiger partial charge in [-0.05, 0) is 57.9 Å². The number of aryl methyl sites for hydroxylation is 1. The van der Waals surface area contributed by atoms with E-state index in [1.807, 2.05) is 37.0 Å². The number of rotatable bonds is 3. The van der Waals surface area contributed by atoms with Crippen LogP contribution in [0.15, 0.2) is 0 Å². The molecule has 3 heterocycles. The number of hydrogen-bond donors (Lipinski definition) is 1. The van der Waals surface area contributed by atoms with Crippen LogP contribution in [-0.4, -0.2) is 52.6 Å². The van der Waals surface area contributed by atoms with Crippen LogP contribution < -0.4 is 10.2 Å². The Morgan fingerprint density at radius 2 is 1.94 bits per heavy atom. The van der Waals surface area contributed by atoms with E-state index in [9.17, 15) is 4.79 Å². The molecule has 0 radical (unpaired) electrons. The van der Waals surface area contributed by atoms with Crippen LogP contribution in [0, 0.1) is 5.92 Å². The SMILES string of the molecule is CC[C@H](C)c1nc(N2CCN(C(=O)NC(C)(C)C)CC2)c2c3c(sc2n1)C[C@H](C)CC3. The predicted molar refractivity (Wildman–Crippen MR) is 129 cm³/mol. The molecule has 2 aromatic rings. The Bertz CT molecular complexity index is 955. The third-order valence-electron chi connectivity index (χ3n) is 6.55. The quantitative estimate of drug-likeness (QED) is 0.728. The average molecular weight is 444 g/mol. The Morgan fingerprint density at radius 1 is 1.23 bits per heavy atom. The first-order valence-electron chi connectivity index (χ1n) is 11.8. The van der Waals surface area contributed by atoms with Gasteiger partial charge in [-0.2, -0.15) is 0 Å². The van der Waals surface area contributed by atoms with Gasteiger partial charge >= 0.3 is 6.03 Å². The minimum Gasteiger partial charge on any atom is -0.352 e. The Hall–Kier alpha value is -1.89. The molecule has 0 unspecified atom stereocenters. The number of amides is 2. The van der Waals surface area contributed by atoms with E-state index in [1.165, 1.54) is 22.2 Å². The van der Waals surface area contributed by atoms with Gasteiger partial charge in [0.25, 0.3) is 0 Å². The molecule has 31 heavy (non-hydrogen) atoms. The standard InChI is InChI=1S/C24H37N5OS/c1-7-16(3)20-25-21(19-17-9-8-15(2)14-18(17)31-22(19)26-20)28-10-12-29(13-11-28)23(30)27-24(4,5)6/h15-16H,7-14H2,1-6H3,(H,27,30)/t15-,16+/m1/s1. The number of piperazine rings is 1. The summed E-state index contributed by atoms with van der Waals surface area (Å²) < 4.78 is 0. The van der Waals surface area contributed by atoms with E-state index >= 15 is 0 Å². The van der Waals surface area contributed by atoms with Gasteiger partial charge in [0, 0.05) is 42.5 Å². The third-order valence-corrected chi connectivity index (χ3v) is 7.70. The topological polar surface area (TPSA) is 61.4 Å². The number of carbonyl (C=O) groups is 1. The highest BCUT2D eigenvalue weighted by Crippen LogP contribution is 2.41. The first-order valence-corrected chi connectivity index (χ1v) is 12.6. The summed E-state index contributed by atoms with van der Waals surface area (Å²) in [6.45, 7) is 15.9. The lowest BCUT2D eigenvalue weighted by molar-refractivity contribution is 0.185. The van der Waals surface area contributed by atoms with Crippen molar-refractivity contribution in [2.45, 2.75) is 78.7 Å². The molecular formula is C24H37N5OS. The van der Waals surface area contributed by atoms with Crippen molar-refractivity contribution in [2.24, 2.45) is 5.92 Å². The zero-order valence-corrected chi connectivity index (χ0v) is 20.7. The summed E-state index contributed by atoms with van der Waals surface area (Å²) in [5.74, 6) is 3.16.